The molecule has 1 aliphatic rings. The summed E-state index contributed by atoms with van der Waals surface area (Å²) in [5.74, 6) is -0.317. The van der Waals surface area contributed by atoms with E-state index in [0.29, 0.717) is 31.5 Å². The Kier molecular flexibility index (Phi) is 5.36. The number of rotatable bonds is 8. The van der Waals surface area contributed by atoms with Gasteiger partial charge in [0.25, 0.3) is 0 Å². The fourth-order valence-electron chi connectivity index (χ4n) is 0.973. The van der Waals surface area contributed by atoms with Crippen molar-refractivity contribution >= 4 is 5.97 Å². The fraction of sp³-hybridized carbons (Fsp3) is 0.727. The van der Waals surface area contributed by atoms with Crippen molar-refractivity contribution in [2.24, 2.45) is 0 Å². The molecular weight excluding hydrogens is 196 g/mol. The number of unbranched alkanes of at least 4 members (excludes halogenated alkanes) is 1. The van der Waals surface area contributed by atoms with E-state index in [9.17, 15) is 4.79 Å². The molecule has 0 radical (unpaired) electrons. The molecule has 0 aliphatic carbocycles. The van der Waals surface area contributed by atoms with Gasteiger partial charge in [0, 0.05) is 12.2 Å². The SMILES string of the molecule is C=C(C)C(=O)OCCCCOCC1CO1. The lowest BCUT2D eigenvalue weighted by Crippen LogP contribution is -2.08. The highest BCUT2D eigenvalue weighted by Crippen LogP contribution is 2.08. The highest BCUT2D eigenvalue weighted by atomic mass is 16.6. The molecule has 4 nitrogen and oxygen atoms in total. The normalized spacial score (nSPS) is 18.6. The zero-order valence-corrected chi connectivity index (χ0v) is 9.16. The van der Waals surface area contributed by atoms with Gasteiger partial charge in [-0.2, -0.15) is 0 Å². The molecule has 1 rings (SSSR count). The summed E-state index contributed by atoms with van der Waals surface area (Å²) in [5, 5.41) is 0. The minimum Gasteiger partial charge on any atom is -0.462 e. The summed E-state index contributed by atoms with van der Waals surface area (Å²) in [6, 6.07) is 0. The van der Waals surface area contributed by atoms with Gasteiger partial charge in [-0.3, -0.25) is 0 Å². The number of esters is 1. The van der Waals surface area contributed by atoms with E-state index >= 15 is 0 Å². The lowest BCUT2D eigenvalue weighted by molar-refractivity contribution is -0.139. The van der Waals surface area contributed by atoms with Crippen molar-refractivity contribution in [3.05, 3.63) is 12.2 Å². The Bertz CT molecular complexity index is 221. The first-order valence-corrected chi connectivity index (χ1v) is 5.22. The van der Waals surface area contributed by atoms with Crippen LogP contribution in [0.1, 0.15) is 19.8 Å². The molecule has 0 amide bonds. The number of carbonyl (C=O) groups is 1. The van der Waals surface area contributed by atoms with Crippen molar-refractivity contribution in [2.75, 3.05) is 26.4 Å². The van der Waals surface area contributed by atoms with Crippen molar-refractivity contribution in [3.8, 4) is 0 Å². The molecule has 1 fully saturated rings. The average molecular weight is 214 g/mol. The maximum atomic E-state index is 11.0. The summed E-state index contributed by atoms with van der Waals surface area (Å²) in [7, 11) is 0. The highest BCUT2D eigenvalue weighted by molar-refractivity contribution is 5.86. The maximum Gasteiger partial charge on any atom is 0.333 e. The van der Waals surface area contributed by atoms with Crippen LogP contribution in [-0.2, 0) is 19.0 Å². The Morgan fingerprint density at radius 1 is 1.47 bits per heavy atom. The summed E-state index contributed by atoms with van der Waals surface area (Å²) < 4.78 is 15.2. The molecule has 0 bridgehead atoms. The minimum atomic E-state index is -0.317. The number of ether oxygens (including phenoxy) is 3. The summed E-state index contributed by atoms with van der Waals surface area (Å²) in [6.45, 7) is 7.79. The molecular formula is C11H18O4. The Labute approximate surface area is 90.2 Å². The van der Waals surface area contributed by atoms with E-state index in [4.69, 9.17) is 14.2 Å². The van der Waals surface area contributed by atoms with Gasteiger partial charge in [0.1, 0.15) is 6.10 Å². The Balaban J connectivity index is 1.79. The van der Waals surface area contributed by atoms with Crippen LogP contribution >= 0.6 is 0 Å². The molecule has 1 aliphatic heterocycles. The second kappa shape index (κ2) is 6.58. The van der Waals surface area contributed by atoms with Gasteiger partial charge in [-0.25, -0.2) is 4.79 Å². The second-order valence-corrected chi connectivity index (χ2v) is 3.65. The first kappa shape index (κ1) is 12.2. The Hall–Kier alpha value is -0.870. The molecule has 0 aromatic carbocycles. The quantitative estimate of drug-likeness (QED) is 0.264. The predicted molar refractivity (Wildman–Crippen MR) is 55.6 cm³/mol. The second-order valence-electron chi connectivity index (χ2n) is 3.65. The zero-order chi connectivity index (χ0) is 11.1. The Morgan fingerprint density at radius 2 is 2.13 bits per heavy atom. The van der Waals surface area contributed by atoms with Crippen LogP contribution in [-0.4, -0.2) is 38.5 Å². The number of carbonyl (C=O) groups excluding carboxylic acids is 1. The number of hydrogen-bond acceptors (Lipinski definition) is 4. The van der Waals surface area contributed by atoms with Crippen LogP contribution in [0.5, 0.6) is 0 Å². The summed E-state index contributed by atoms with van der Waals surface area (Å²) in [5.41, 5.74) is 0.442. The molecule has 1 heterocycles. The minimum absolute atomic E-state index is 0.317. The molecule has 1 saturated heterocycles. The van der Waals surface area contributed by atoms with Gasteiger partial charge in [-0.1, -0.05) is 6.58 Å². The van der Waals surface area contributed by atoms with Crippen LogP contribution in [0.2, 0.25) is 0 Å². The lowest BCUT2D eigenvalue weighted by Gasteiger charge is -2.04. The van der Waals surface area contributed by atoms with E-state index in [1.165, 1.54) is 0 Å². The van der Waals surface area contributed by atoms with E-state index < -0.39 is 0 Å². The molecule has 1 unspecified atom stereocenters. The molecule has 15 heavy (non-hydrogen) atoms. The van der Waals surface area contributed by atoms with Crippen LogP contribution in [0.4, 0.5) is 0 Å². The summed E-state index contributed by atoms with van der Waals surface area (Å²) in [4.78, 5) is 11.0. The Morgan fingerprint density at radius 3 is 2.73 bits per heavy atom. The van der Waals surface area contributed by atoms with E-state index in [0.717, 1.165) is 19.4 Å². The third-order valence-corrected chi connectivity index (χ3v) is 1.97. The monoisotopic (exact) mass is 214 g/mol. The molecule has 0 saturated carbocycles. The van der Waals surface area contributed by atoms with Gasteiger partial charge in [-0.05, 0) is 19.8 Å². The molecule has 1 atom stereocenters. The van der Waals surface area contributed by atoms with Crippen LogP contribution in [0.3, 0.4) is 0 Å². The van der Waals surface area contributed by atoms with Crippen LogP contribution < -0.4 is 0 Å². The number of epoxide rings is 1. The zero-order valence-electron chi connectivity index (χ0n) is 9.16. The van der Waals surface area contributed by atoms with Gasteiger partial charge in [0.05, 0.1) is 19.8 Å². The lowest BCUT2D eigenvalue weighted by atomic mass is 10.3. The van der Waals surface area contributed by atoms with E-state index in [1.54, 1.807) is 6.92 Å². The third kappa shape index (κ3) is 6.25. The van der Waals surface area contributed by atoms with Crippen molar-refractivity contribution in [1.29, 1.82) is 0 Å². The fourth-order valence-corrected chi connectivity index (χ4v) is 0.973. The van der Waals surface area contributed by atoms with Crippen molar-refractivity contribution in [1.82, 2.24) is 0 Å². The van der Waals surface area contributed by atoms with Crippen LogP contribution in [0.15, 0.2) is 12.2 Å². The topological polar surface area (TPSA) is 48.1 Å². The first-order chi connectivity index (χ1) is 7.20. The van der Waals surface area contributed by atoms with Crippen LogP contribution in [0.25, 0.3) is 0 Å². The molecule has 4 heteroatoms. The van der Waals surface area contributed by atoms with Crippen molar-refractivity contribution in [3.63, 3.8) is 0 Å². The summed E-state index contributed by atoms with van der Waals surface area (Å²) in [6.07, 6.45) is 2.05. The van der Waals surface area contributed by atoms with Gasteiger partial charge >= 0.3 is 5.97 Å². The molecule has 0 aromatic heterocycles. The molecule has 0 spiro atoms. The number of hydrogen-bond donors (Lipinski definition) is 0. The maximum absolute atomic E-state index is 11.0. The van der Waals surface area contributed by atoms with Gasteiger partial charge in [0.2, 0.25) is 0 Å². The molecule has 0 aromatic rings. The van der Waals surface area contributed by atoms with E-state index in [1.807, 2.05) is 0 Å². The third-order valence-electron chi connectivity index (χ3n) is 1.97. The largest absolute Gasteiger partial charge is 0.462 e. The average Bonchev–Trinajstić information content (AvgIpc) is 2.99. The van der Waals surface area contributed by atoms with Gasteiger partial charge in [0.15, 0.2) is 0 Å². The molecule has 0 N–H and O–H groups in total. The smallest absolute Gasteiger partial charge is 0.333 e. The van der Waals surface area contributed by atoms with Gasteiger partial charge < -0.3 is 14.2 Å². The van der Waals surface area contributed by atoms with Crippen LogP contribution in [0, 0.1) is 0 Å². The molecule has 86 valence electrons. The predicted octanol–water partition coefficient (Wildman–Crippen LogP) is 1.30. The highest BCUT2D eigenvalue weighted by Gasteiger charge is 2.21. The standard InChI is InChI=1S/C11H18O4/c1-9(2)11(12)14-6-4-3-5-13-7-10-8-15-10/h10H,1,3-8H2,2H3. The first-order valence-electron chi connectivity index (χ1n) is 5.22. The van der Waals surface area contributed by atoms with Crippen molar-refractivity contribution in [2.45, 2.75) is 25.9 Å². The van der Waals surface area contributed by atoms with E-state index in [-0.39, 0.29) is 5.97 Å². The van der Waals surface area contributed by atoms with Crippen molar-refractivity contribution < 1.29 is 19.0 Å². The van der Waals surface area contributed by atoms with E-state index in [2.05, 4.69) is 6.58 Å². The summed E-state index contributed by atoms with van der Waals surface area (Å²) >= 11 is 0. The van der Waals surface area contributed by atoms with Gasteiger partial charge in [-0.15, -0.1) is 0 Å².